The van der Waals surface area contributed by atoms with Crippen LogP contribution in [0.2, 0.25) is 10.0 Å². The van der Waals surface area contributed by atoms with Crippen molar-refractivity contribution in [2.75, 3.05) is 0 Å². The Kier molecular flexibility index (Phi) is 6.06. The standard InChI is InChI=1S/C14H9Br2Cl3O/c15-10-4-8(6-17)5-11(16)14(10)20-7-9-12(18)2-1-3-13(9)19/h1-5H,6-7H2. The first-order valence-electron chi connectivity index (χ1n) is 5.62. The van der Waals surface area contributed by atoms with Crippen LogP contribution in [0.1, 0.15) is 11.1 Å². The monoisotopic (exact) mass is 456 g/mol. The molecule has 0 heterocycles. The van der Waals surface area contributed by atoms with Crippen LogP contribution in [-0.4, -0.2) is 0 Å². The molecule has 0 aliphatic heterocycles. The molecule has 0 aliphatic rings. The minimum Gasteiger partial charge on any atom is -0.486 e. The molecule has 0 aliphatic carbocycles. The molecule has 0 fully saturated rings. The van der Waals surface area contributed by atoms with Crippen molar-refractivity contribution in [3.63, 3.8) is 0 Å². The first-order valence-corrected chi connectivity index (χ1v) is 8.50. The summed E-state index contributed by atoms with van der Waals surface area (Å²) in [5, 5.41) is 1.17. The van der Waals surface area contributed by atoms with Gasteiger partial charge < -0.3 is 4.74 Å². The van der Waals surface area contributed by atoms with Gasteiger partial charge in [-0.2, -0.15) is 0 Å². The Balaban J connectivity index is 2.23. The van der Waals surface area contributed by atoms with Crippen LogP contribution in [0.3, 0.4) is 0 Å². The summed E-state index contributed by atoms with van der Waals surface area (Å²) in [7, 11) is 0. The quantitative estimate of drug-likeness (QED) is 0.455. The van der Waals surface area contributed by atoms with E-state index in [0.717, 1.165) is 20.1 Å². The molecule has 20 heavy (non-hydrogen) atoms. The van der Waals surface area contributed by atoms with Crippen LogP contribution in [0, 0.1) is 0 Å². The topological polar surface area (TPSA) is 9.23 Å². The Bertz CT molecular complexity index is 589. The fraction of sp³-hybridized carbons (Fsp3) is 0.143. The molecular formula is C14H9Br2Cl3O. The maximum absolute atomic E-state index is 6.12. The lowest BCUT2D eigenvalue weighted by atomic mass is 10.2. The number of benzene rings is 2. The Hall–Kier alpha value is 0.0700. The van der Waals surface area contributed by atoms with Gasteiger partial charge in [0.15, 0.2) is 0 Å². The van der Waals surface area contributed by atoms with Gasteiger partial charge in [-0.3, -0.25) is 0 Å². The van der Waals surface area contributed by atoms with Crippen LogP contribution in [0.15, 0.2) is 39.3 Å². The third-order valence-corrected chi connectivity index (χ3v) is 4.83. The van der Waals surface area contributed by atoms with Crippen molar-refractivity contribution < 1.29 is 4.74 Å². The van der Waals surface area contributed by atoms with Gasteiger partial charge in [0, 0.05) is 21.5 Å². The highest BCUT2D eigenvalue weighted by molar-refractivity contribution is 9.11. The van der Waals surface area contributed by atoms with E-state index in [9.17, 15) is 0 Å². The number of halogens is 5. The Labute approximate surface area is 149 Å². The third kappa shape index (κ3) is 3.83. The van der Waals surface area contributed by atoms with Gasteiger partial charge in [-0.1, -0.05) is 29.3 Å². The summed E-state index contributed by atoms with van der Waals surface area (Å²) in [6.07, 6.45) is 0. The highest BCUT2D eigenvalue weighted by Gasteiger charge is 2.11. The molecule has 2 aromatic carbocycles. The number of hydrogen-bond donors (Lipinski definition) is 0. The van der Waals surface area contributed by atoms with Crippen LogP contribution < -0.4 is 4.74 Å². The molecule has 0 N–H and O–H groups in total. The average Bonchev–Trinajstić information content (AvgIpc) is 2.40. The number of ether oxygens (including phenoxy) is 1. The summed E-state index contributed by atoms with van der Waals surface area (Å²) in [5.41, 5.74) is 1.75. The van der Waals surface area contributed by atoms with Gasteiger partial charge in [0.1, 0.15) is 12.4 Å². The van der Waals surface area contributed by atoms with Crippen LogP contribution in [0.25, 0.3) is 0 Å². The number of alkyl halides is 1. The van der Waals surface area contributed by atoms with Crippen molar-refractivity contribution in [1.29, 1.82) is 0 Å². The van der Waals surface area contributed by atoms with Gasteiger partial charge in [0.2, 0.25) is 0 Å². The predicted molar refractivity (Wildman–Crippen MR) is 92.2 cm³/mol. The zero-order valence-corrected chi connectivity index (χ0v) is 15.5. The fourth-order valence-electron chi connectivity index (χ4n) is 1.64. The molecule has 0 saturated carbocycles. The summed E-state index contributed by atoms with van der Waals surface area (Å²) in [4.78, 5) is 0. The van der Waals surface area contributed by atoms with Gasteiger partial charge in [-0.05, 0) is 61.7 Å². The van der Waals surface area contributed by atoms with Crippen LogP contribution in [-0.2, 0) is 12.5 Å². The SMILES string of the molecule is ClCc1cc(Br)c(OCc2c(Cl)cccc2Cl)c(Br)c1. The van der Waals surface area contributed by atoms with Crippen LogP contribution in [0.5, 0.6) is 5.75 Å². The molecule has 0 spiro atoms. The van der Waals surface area contributed by atoms with E-state index in [1.807, 2.05) is 12.1 Å². The van der Waals surface area contributed by atoms with E-state index in [2.05, 4.69) is 31.9 Å². The Morgan fingerprint density at radius 1 is 1.00 bits per heavy atom. The molecule has 2 rings (SSSR count). The van der Waals surface area contributed by atoms with E-state index in [4.69, 9.17) is 39.5 Å². The number of rotatable bonds is 4. The number of hydrogen-bond acceptors (Lipinski definition) is 1. The third-order valence-electron chi connectivity index (χ3n) is 2.63. The van der Waals surface area contributed by atoms with Gasteiger partial charge in [0.05, 0.1) is 8.95 Å². The minimum absolute atomic E-state index is 0.288. The lowest BCUT2D eigenvalue weighted by molar-refractivity contribution is 0.302. The summed E-state index contributed by atoms with van der Waals surface area (Å²) in [6, 6.07) is 9.21. The zero-order valence-electron chi connectivity index (χ0n) is 10.1. The van der Waals surface area contributed by atoms with E-state index >= 15 is 0 Å². The van der Waals surface area contributed by atoms with Crippen molar-refractivity contribution in [2.24, 2.45) is 0 Å². The van der Waals surface area contributed by atoms with Gasteiger partial charge in [-0.15, -0.1) is 11.6 Å². The second-order valence-corrected chi connectivity index (χ2v) is 6.80. The Morgan fingerprint density at radius 3 is 2.05 bits per heavy atom. The molecule has 106 valence electrons. The minimum atomic E-state index is 0.288. The second kappa shape index (κ2) is 7.37. The van der Waals surface area contributed by atoms with E-state index in [1.165, 1.54) is 0 Å². The summed E-state index contributed by atoms with van der Waals surface area (Å²) in [5.74, 6) is 1.13. The van der Waals surface area contributed by atoms with Gasteiger partial charge in [0.25, 0.3) is 0 Å². The molecule has 1 nitrogen and oxygen atoms in total. The van der Waals surface area contributed by atoms with Crippen LogP contribution >= 0.6 is 66.7 Å². The molecule has 0 radical (unpaired) electrons. The molecule has 0 atom stereocenters. The fourth-order valence-corrected chi connectivity index (χ4v) is 3.81. The largest absolute Gasteiger partial charge is 0.486 e. The molecule has 0 amide bonds. The predicted octanol–water partition coefficient (Wildman–Crippen LogP) is 6.84. The second-order valence-electron chi connectivity index (χ2n) is 4.01. The molecule has 2 aromatic rings. The lowest BCUT2D eigenvalue weighted by Gasteiger charge is -2.13. The highest BCUT2D eigenvalue weighted by Crippen LogP contribution is 2.36. The van der Waals surface area contributed by atoms with E-state index in [1.54, 1.807) is 18.2 Å². The zero-order chi connectivity index (χ0) is 14.7. The molecule has 6 heteroatoms. The molecular weight excluding hydrogens is 450 g/mol. The van der Waals surface area contributed by atoms with Gasteiger partial charge in [-0.25, -0.2) is 0 Å². The maximum atomic E-state index is 6.12. The van der Waals surface area contributed by atoms with Crippen molar-refractivity contribution >= 4 is 66.7 Å². The van der Waals surface area contributed by atoms with Crippen molar-refractivity contribution in [2.45, 2.75) is 12.5 Å². The molecule has 0 bridgehead atoms. The van der Waals surface area contributed by atoms with Crippen molar-refractivity contribution in [1.82, 2.24) is 0 Å². The van der Waals surface area contributed by atoms with E-state index in [0.29, 0.717) is 21.7 Å². The smallest absolute Gasteiger partial charge is 0.148 e. The average molecular weight is 459 g/mol. The maximum Gasteiger partial charge on any atom is 0.148 e. The summed E-state index contributed by atoms with van der Waals surface area (Å²) >= 11 is 25.0. The van der Waals surface area contributed by atoms with E-state index in [-0.39, 0.29) is 6.61 Å². The van der Waals surface area contributed by atoms with Crippen LogP contribution in [0.4, 0.5) is 0 Å². The van der Waals surface area contributed by atoms with Crippen molar-refractivity contribution in [3.8, 4) is 5.75 Å². The first kappa shape index (κ1) is 16.4. The molecule has 0 unspecified atom stereocenters. The summed E-state index contributed by atoms with van der Waals surface area (Å²) < 4.78 is 7.46. The normalized spacial score (nSPS) is 10.7. The molecule has 0 aromatic heterocycles. The van der Waals surface area contributed by atoms with E-state index < -0.39 is 0 Å². The molecule has 0 saturated heterocycles. The lowest BCUT2D eigenvalue weighted by Crippen LogP contribution is -1.99. The first-order chi connectivity index (χ1) is 9.52. The van der Waals surface area contributed by atoms with Crippen molar-refractivity contribution in [3.05, 3.63) is 60.4 Å². The summed E-state index contributed by atoms with van der Waals surface area (Å²) in [6.45, 7) is 0.288. The Morgan fingerprint density at radius 2 is 1.55 bits per heavy atom. The highest BCUT2D eigenvalue weighted by atomic mass is 79.9. The van der Waals surface area contributed by atoms with Gasteiger partial charge >= 0.3 is 0 Å².